The van der Waals surface area contributed by atoms with Crippen LogP contribution in [0.1, 0.15) is 25.3 Å². The minimum absolute atomic E-state index is 0.586. The highest BCUT2D eigenvalue weighted by Crippen LogP contribution is 2.18. The van der Waals surface area contributed by atoms with Crippen molar-refractivity contribution >= 4 is 15.9 Å². The van der Waals surface area contributed by atoms with Gasteiger partial charge in [-0.1, -0.05) is 35.0 Å². The molecule has 1 fully saturated rings. The van der Waals surface area contributed by atoms with E-state index in [1.807, 2.05) is 0 Å². The van der Waals surface area contributed by atoms with Crippen LogP contribution in [0.3, 0.4) is 0 Å². The first-order valence-electron chi connectivity index (χ1n) is 7.93. The summed E-state index contributed by atoms with van der Waals surface area (Å²) in [6.07, 6.45) is 2.33. The fraction of sp³-hybridized carbons (Fsp3) is 0.647. The van der Waals surface area contributed by atoms with Crippen molar-refractivity contribution in [1.82, 2.24) is 10.2 Å². The standard InChI is InChI=1S/C17H27BrN2O/c1-3-8-19-17-7-9-21-13-15(17)12-20(2)11-14-5-4-6-16(18)10-14/h4-6,10,15,17,19H,3,7-9,11-13H2,1-2H3. The summed E-state index contributed by atoms with van der Waals surface area (Å²) < 4.78 is 6.84. The largest absolute Gasteiger partial charge is 0.381 e. The Hall–Kier alpha value is -0.420. The van der Waals surface area contributed by atoms with E-state index in [9.17, 15) is 0 Å². The Kier molecular flexibility index (Phi) is 7.17. The molecule has 1 aromatic rings. The highest BCUT2D eigenvalue weighted by molar-refractivity contribution is 9.10. The van der Waals surface area contributed by atoms with Crippen LogP contribution in [0.25, 0.3) is 0 Å². The zero-order chi connectivity index (χ0) is 15.1. The van der Waals surface area contributed by atoms with E-state index in [0.717, 1.165) is 43.7 Å². The fourth-order valence-corrected chi connectivity index (χ4v) is 3.43. The van der Waals surface area contributed by atoms with Crippen LogP contribution in [0.4, 0.5) is 0 Å². The normalized spacial score (nSPS) is 22.7. The second-order valence-electron chi connectivity index (χ2n) is 6.01. The second kappa shape index (κ2) is 8.89. The van der Waals surface area contributed by atoms with Crippen molar-refractivity contribution < 1.29 is 4.74 Å². The number of nitrogens with zero attached hydrogens (tertiary/aromatic N) is 1. The maximum atomic E-state index is 5.69. The van der Waals surface area contributed by atoms with E-state index in [4.69, 9.17) is 4.74 Å². The average molecular weight is 355 g/mol. The maximum Gasteiger partial charge on any atom is 0.0521 e. The highest BCUT2D eigenvalue weighted by Gasteiger charge is 2.26. The van der Waals surface area contributed by atoms with E-state index < -0.39 is 0 Å². The third-order valence-electron chi connectivity index (χ3n) is 4.02. The van der Waals surface area contributed by atoms with Crippen LogP contribution >= 0.6 is 15.9 Å². The second-order valence-corrected chi connectivity index (χ2v) is 6.93. The highest BCUT2D eigenvalue weighted by atomic mass is 79.9. The maximum absolute atomic E-state index is 5.69. The molecule has 1 aromatic carbocycles. The van der Waals surface area contributed by atoms with Gasteiger partial charge in [-0.05, 0) is 44.1 Å². The van der Waals surface area contributed by atoms with Crippen LogP contribution in [0, 0.1) is 5.92 Å². The summed E-state index contributed by atoms with van der Waals surface area (Å²) >= 11 is 3.54. The van der Waals surface area contributed by atoms with Crippen LogP contribution in [0.2, 0.25) is 0 Å². The van der Waals surface area contributed by atoms with Gasteiger partial charge in [0, 0.05) is 36.1 Å². The first kappa shape index (κ1) is 16.9. The van der Waals surface area contributed by atoms with E-state index >= 15 is 0 Å². The summed E-state index contributed by atoms with van der Waals surface area (Å²) in [4.78, 5) is 2.40. The number of rotatable bonds is 7. The van der Waals surface area contributed by atoms with Gasteiger partial charge in [-0.3, -0.25) is 0 Å². The quantitative estimate of drug-likeness (QED) is 0.812. The molecular formula is C17H27BrN2O. The molecule has 0 aromatic heterocycles. The first-order chi connectivity index (χ1) is 10.2. The van der Waals surface area contributed by atoms with Gasteiger partial charge in [-0.25, -0.2) is 0 Å². The van der Waals surface area contributed by atoms with Crippen LogP contribution in [0.15, 0.2) is 28.7 Å². The van der Waals surface area contributed by atoms with Crippen molar-refractivity contribution in [3.8, 4) is 0 Å². The zero-order valence-electron chi connectivity index (χ0n) is 13.1. The molecule has 1 heterocycles. The van der Waals surface area contributed by atoms with Crippen LogP contribution < -0.4 is 5.32 Å². The van der Waals surface area contributed by atoms with Crippen molar-refractivity contribution in [2.75, 3.05) is 33.4 Å². The summed E-state index contributed by atoms with van der Waals surface area (Å²) in [7, 11) is 2.20. The predicted molar refractivity (Wildman–Crippen MR) is 91.5 cm³/mol. The molecule has 0 spiro atoms. The average Bonchev–Trinajstić information content (AvgIpc) is 2.46. The molecule has 0 bridgehead atoms. The SMILES string of the molecule is CCCNC1CCOCC1CN(C)Cc1cccc(Br)c1. The van der Waals surface area contributed by atoms with Crippen molar-refractivity contribution in [2.45, 2.75) is 32.4 Å². The molecular weight excluding hydrogens is 328 g/mol. The number of hydrogen-bond acceptors (Lipinski definition) is 3. The van der Waals surface area contributed by atoms with Gasteiger partial charge in [0.05, 0.1) is 6.61 Å². The molecule has 1 saturated heterocycles. The molecule has 1 N–H and O–H groups in total. The first-order valence-corrected chi connectivity index (χ1v) is 8.72. The van der Waals surface area contributed by atoms with Gasteiger partial charge < -0.3 is 15.0 Å². The molecule has 2 unspecified atom stereocenters. The summed E-state index contributed by atoms with van der Waals surface area (Å²) in [6, 6.07) is 9.15. The Morgan fingerprint density at radius 1 is 1.43 bits per heavy atom. The number of halogens is 1. The van der Waals surface area contributed by atoms with Gasteiger partial charge in [-0.2, -0.15) is 0 Å². The van der Waals surface area contributed by atoms with Crippen molar-refractivity contribution in [3.63, 3.8) is 0 Å². The topological polar surface area (TPSA) is 24.5 Å². The van der Waals surface area contributed by atoms with E-state index in [-0.39, 0.29) is 0 Å². The lowest BCUT2D eigenvalue weighted by molar-refractivity contribution is 0.0189. The lowest BCUT2D eigenvalue weighted by Crippen LogP contribution is -2.47. The van der Waals surface area contributed by atoms with E-state index in [0.29, 0.717) is 12.0 Å². The Balaban J connectivity index is 1.86. The van der Waals surface area contributed by atoms with E-state index in [1.54, 1.807) is 0 Å². The Labute approximate surface area is 137 Å². The lowest BCUT2D eigenvalue weighted by atomic mass is 9.95. The smallest absolute Gasteiger partial charge is 0.0521 e. The Morgan fingerprint density at radius 2 is 2.29 bits per heavy atom. The number of benzene rings is 1. The number of hydrogen-bond donors (Lipinski definition) is 1. The van der Waals surface area contributed by atoms with Crippen molar-refractivity contribution in [1.29, 1.82) is 0 Å². The summed E-state index contributed by atoms with van der Waals surface area (Å²) in [5.41, 5.74) is 1.35. The van der Waals surface area contributed by atoms with Gasteiger partial charge in [0.15, 0.2) is 0 Å². The van der Waals surface area contributed by atoms with Crippen molar-refractivity contribution in [2.24, 2.45) is 5.92 Å². The fourth-order valence-electron chi connectivity index (χ4n) is 2.99. The molecule has 2 rings (SSSR count). The molecule has 118 valence electrons. The molecule has 3 nitrogen and oxygen atoms in total. The van der Waals surface area contributed by atoms with Gasteiger partial charge in [0.25, 0.3) is 0 Å². The molecule has 4 heteroatoms. The third-order valence-corrected chi connectivity index (χ3v) is 4.51. The number of ether oxygens (including phenoxy) is 1. The third kappa shape index (κ3) is 5.70. The molecule has 0 aliphatic carbocycles. The molecule has 1 aliphatic rings. The van der Waals surface area contributed by atoms with Crippen LogP contribution in [-0.2, 0) is 11.3 Å². The number of nitrogens with one attached hydrogen (secondary N) is 1. The monoisotopic (exact) mass is 354 g/mol. The predicted octanol–water partition coefficient (Wildman–Crippen LogP) is 3.29. The Bertz CT molecular complexity index is 427. The van der Waals surface area contributed by atoms with Gasteiger partial charge in [-0.15, -0.1) is 0 Å². The van der Waals surface area contributed by atoms with Crippen molar-refractivity contribution in [3.05, 3.63) is 34.3 Å². The summed E-state index contributed by atoms with van der Waals surface area (Å²) in [6.45, 7) is 7.17. The molecule has 21 heavy (non-hydrogen) atoms. The molecule has 2 atom stereocenters. The van der Waals surface area contributed by atoms with Crippen LogP contribution in [0.5, 0.6) is 0 Å². The minimum Gasteiger partial charge on any atom is -0.381 e. The van der Waals surface area contributed by atoms with Gasteiger partial charge >= 0.3 is 0 Å². The molecule has 0 saturated carbocycles. The van der Waals surface area contributed by atoms with Gasteiger partial charge in [0.2, 0.25) is 0 Å². The zero-order valence-corrected chi connectivity index (χ0v) is 14.7. The molecule has 0 radical (unpaired) electrons. The molecule has 0 amide bonds. The summed E-state index contributed by atoms with van der Waals surface area (Å²) in [5.74, 6) is 0.586. The lowest BCUT2D eigenvalue weighted by Gasteiger charge is -2.35. The van der Waals surface area contributed by atoms with Crippen LogP contribution in [-0.4, -0.2) is 44.3 Å². The van der Waals surface area contributed by atoms with E-state index in [2.05, 4.69) is 64.4 Å². The minimum atomic E-state index is 0.586. The molecule has 1 aliphatic heterocycles. The Morgan fingerprint density at radius 3 is 3.05 bits per heavy atom. The van der Waals surface area contributed by atoms with E-state index in [1.165, 1.54) is 12.0 Å². The van der Waals surface area contributed by atoms with Gasteiger partial charge in [0.1, 0.15) is 0 Å². The summed E-state index contributed by atoms with van der Waals surface area (Å²) in [5, 5.41) is 3.69.